The fourth-order valence-electron chi connectivity index (χ4n) is 2.55. The highest BCUT2D eigenvalue weighted by Crippen LogP contribution is 2.21. The van der Waals surface area contributed by atoms with Gasteiger partial charge in [0.25, 0.3) is 5.91 Å². The Morgan fingerprint density at radius 3 is 3.00 bits per heavy atom. The fraction of sp³-hybridized carbons (Fsp3) is 0.235. The van der Waals surface area contributed by atoms with Crippen LogP contribution >= 0.6 is 0 Å². The summed E-state index contributed by atoms with van der Waals surface area (Å²) < 4.78 is 5.27. The molecule has 1 atom stereocenters. The van der Waals surface area contributed by atoms with E-state index in [2.05, 4.69) is 11.9 Å². The van der Waals surface area contributed by atoms with Gasteiger partial charge in [-0.1, -0.05) is 36.9 Å². The van der Waals surface area contributed by atoms with Gasteiger partial charge in [-0.3, -0.25) is 4.79 Å². The predicted molar refractivity (Wildman–Crippen MR) is 80.7 cm³/mol. The lowest BCUT2D eigenvalue weighted by Gasteiger charge is -2.11. The third-order valence-electron chi connectivity index (χ3n) is 3.66. The number of carbonyl (C=O) groups is 1. The molecule has 0 spiro atoms. The predicted octanol–water partition coefficient (Wildman–Crippen LogP) is 3.00. The number of rotatable bonds is 3. The third-order valence-corrected chi connectivity index (χ3v) is 3.66. The lowest BCUT2D eigenvalue weighted by atomic mass is 10.0. The number of carbonyl (C=O) groups excluding carboxylic acids is 1. The van der Waals surface area contributed by atoms with Crippen LogP contribution in [0.1, 0.15) is 22.3 Å². The molecule has 2 aromatic carbocycles. The molecular formula is C17H17NO2. The first-order valence-corrected chi connectivity index (χ1v) is 6.82. The summed E-state index contributed by atoms with van der Waals surface area (Å²) in [6.45, 7) is 5.15. The summed E-state index contributed by atoms with van der Waals surface area (Å²) >= 11 is 0. The SMILES string of the molecule is C=Cc1cccc2cc(C(=O)NC3CCOC3)ccc12. The topological polar surface area (TPSA) is 38.3 Å². The maximum Gasteiger partial charge on any atom is 0.251 e. The van der Waals surface area contributed by atoms with E-state index in [1.807, 2.05) is 42.5 Å². The molecule has 0 radical (unpaired) electrons. The standard InChI is InChI=1S/C17H17NO2/c1-2-12-4-3-5-13-10-14(6-7-16(12)13)17(19)18-15-8-9-20-11-15/h2-7,10,15H,1,8-9,11H2,(H,18,19). The van der Waals surface area contributed by atoms with Gasteiger partial charge in [0.2, 0.25) is 0 Å². The Hall–Kier alpha value is -2.13. The van der Waals surface area contributed by atoms with Gasteiger partial charge in [-0.2, -0.15) is 0 Å². The van der Waals surface area contributed by atoms with E-state index in [9.17, 15) is 4.79 Å². The van der Waals surface area contributed by atoms with Crippen LogP contribution in [0.25, 0.3) is 16.8 Å². The van der Waals surface area contributed by atoms with Crippen LogP contribution in [0.15, 0.2) is 43.0 Å². The molecule has 0 saturated carbocycles. The van der Waals surface area contributed by atoms with Gasteiger partial charge in [0, 0.05) is 12.2 Å². The third kappa shape index (κ3) is 2.45. The maximum absolute atomic E-state index is 12.2. The monoisotopic (exact) mass is 267 g/mol. The van der Waals surface area contributed by atoms with Crippen molar-refractivity contribution in [3.63, 3.8) is 0 Å². The lowest BCUT2D eigenvalue weighted by molar-refractivity contribution is 0.0930. The van der Waals surface area contributed by atoms with Crippen molar-refractivity contribution >= 4 is 22.8 Å². The number of nitrogens with one attached hydrogen (secondary N) is 1. The van der Waals surface area contributed by atoms with Crippen LogP contribution in [0.3, 0.4) is 0 Å². The minimum Gasteiger partial charge on any atom is -0.379 e. The van der Waals surface area contributed by atoms with E-state index >= 15 is 0 Å². The van der Waals surface area contributed by atoms with E-state index in [1.54, 1.807) is 0 Å². The van der Waals surface area contributed by atoms with Crippen molar-refractivity contribution in [1.82, 2.24) is 5.32 Å². The van der Waals surface area contributed by atoms with Crippen molar-refractivity contribution in [2.45, 2.75) is 12.5 Å². The Morgan fingerprint density at radius 1 is 1.35 bits per heavy atom. The normalized spacial score (nSPS) is 18.1. The highest BCUT2D eigenvalue weighted by molar-refractivity contribution is 6.00. The zero-order valence-electron chi connectivity index (χ0n) is 11.3. The largest absolute Gasteiger partial charge is 0.379 e. The van der Waals surface area contributed by atoms with Gasteiger partial charge in [0.15, 0.2) is 0 Å². The first-order chi connectivity index (χ1) is 9.78. The van der Waals surface area contributed by atoms with Crippen LogP contribution in [-0.4, -0.2) is 25.2 Å². The van der Waals surface area contributed by atoms with Crippen molar-refractivity contribution in [3.05, 3.63) is 54.1 Å². The van der Waals surface area contributed by atoms with Crippen molar-refractivity contribution in [2.75, 3.05) is 13.2 Å². The molecule has 1 aliphatic heterocycles. The molecule has 20 heavy (non-hydrogen) atoms. The fourth-order valence-corrected chi connectivity index (χ4v) is 2.55. The molecular weight excluding hydrogens is 250 g/mol. The maximum atomic E-state index is 12.2. The molecule has 0 aliphatic carbocycles. The van der Waals surface area contributed by atoms with Crippen LogP contribution in [-0.2, 0) is 4.74 Å². The second-order valence-corrected chi connectivity index (χ2v) is 5.02. The first-order valence-electron chi connectivity index (χ1n) is 6.82. The molecule has 1 fully saturated rings. The van der Waals surface area contributed by atoms with Crippen LogP contribution in [0.4, 0.5) is 0 Å². The molecule has 1 amide bonds. The highest BCUT2D eigenvalue weighted by atomic mass is 16.5. The van der Waals surface area contributed by atoms with E-state index in [4.69, 9.17) is 4.74 Å². The summed E-state index contributed by atoms with van der Waals surface area (Å²) in [6, 6.07) is 11.9. The minimum absolute atomic E-state index is 0.0357. The van der Waals surface area contributed by atoms with E-state index in [1.165, 1.54) is 0 Å². The van der Waals surface area contributed by atoms with Gasteiger partial charge < -0.3 is 10.1 Å². The van der Waals surface area contributed by atoms with Crippen molar-refractivity contribution in [2.24, 2.45) is 0 Å². The van der Waals surface area contributed by atoms with Gasteiger partial charge in [-0.05, 0) is 34.9 Å². The van der Waals surface area contributed by atoms with Crippen LogP contribution < -0.4 is 5.32 Å². The zero-order chi connectivity index (χ0) is 13.9. The molecule has 0 bridgehead atoms. The zero-order valence-corrected chi connectivity index (χ0v) is 11.3. The molecule has 1 aliphatic rings. The van der Waals surface area contributed by atoms with E-state index < -0.39 is 0 Å². The Kier molecular flexibility index (Phi) is 3.52. The van der Waals surface area contributed by atoms with Crippen LogP contribution in [0.2, 0.25) is 0 Å². The average molecular weight is 267 g/mol. The lowest BCUT2D eigenvalue weighted by Crippen LogP contribution is -2.34. The average Bonchev–Trinajstić information content (AvgIpc) is 2.98. The summed E-state index contributed by atoms with van der Waals surface area (Å²) in [5.74, 6) is -0.0357. The quantitative estimate of drug-likeness (QED) is 0.928. The van der Waals surface area contributed by atoms with E-state index in [-0.39, 0.29) is 11.9 Å². The van der Waals surface area contributed by atoms with Gasteiger partial charge in [0.05, 0.1) is 12.6 Å². The van der Waals surface area contributed by atoms with E-state index in [0.717, 1.165) is 29.4 Å². The number of amides is 1. The summed E-state index contributed by atoms with van der Waals surface area (Å²) in [7, 11) is 0. The van der Waals surface area contributed by atoms with E-state index in [0.29, 0.717) is 12.2 Å². The summed E-state index contributed by atoms with van der Waals surface area (Å²) in [4.78, 5) is 12.2. The van der Waals surface area contributed by atoms with Gasteiger partial charge in [0.1, 0.15) is 0 Å². The first kappa shape index (κ1) is 12.9. The minimum atomic E-state index is -0.0357. The molecule has 1 heterocycles. The van der Waals surface area contributed by atoms with Crippen molar-refractivity contribution < 1.29 is 9.53 Å². The molecule has 102 valence electrons. The van der Waals surface area contributed by atoms with Gasteiger partial charge >= 0.3 is 0 Å². The Morgan fingerprint density at radius 2 is 2.25 bits per heavy atom. The van der Waals surface area contributed by atoms with Gasteiger partial charge in [-0.25, -0.2) is 0 Å². The molecule has 3 heteroatoms. The van der Waals surface area contributed by atoms with Crippen LogP contribution in [0.5, 0.6) is 0 Å². The van der Waals surface area contributed by atoms with Crippen molar-refractivity contribution in [1.29, 1.82) is 0 Å². The molecule has 1 unspecified atom stereocenters. The molecule has 1 N–H and O–H groups in total. The number of ether oxygens (including phenoxy) is 1. The number of fused-ring (bicyclic) bond motifs is 1. The number of benzene rings is 2. The molecule has 3 rings (SSSR count). The van der Waals surface area contributed by atoms with Crippen molar-refractivity contribution in [3.8, 4) is 0 Å². The van der Waals surface area contributed by atoms with Gasteiger partial charge in [-0.15, -0.1) is 0 Å². The number of hydrogen-bond donors (Lipinski definition) is 1. The second-order valence-electron chi connectivity index (χ2n) is 5.02. The Labute approximate surface area is 118 Å². The molecule has 1 saturated heterocycles. The summed E-state index contributed by atoms with van der Waals surface area (Å²) in [6.07, 6.45) is 2.72. The molecule has 2 aromatic rings. The molecule has 3 nitrogen and oxygen atoms in total. The smallest absolute Gasteiger partial charge is 0.251 e. The van der Waals surface area contributed by atoms with Crippen LogP contribution in [0, 0.1) is 0 Å². The second kappa shape index (κ2) is 5.47. The highest BCUT2D eigenvalue weighted by Gasteiger charge is 2.18. The number of hydrogen-bond acceptors (Lipinski definition) is 2. The Bertz CT molecular complexity index is 657. The summed E-state index contributed by atoms with van der Waals surface area (Å²) in [5, 5.41) is 5.17. The Balaban J connectivity index is 1.88. The summed E-state index contributed by atoms with van der Waals surface area (Å²) in [5.41, 5.74) is 1.77. The molecule has 0 aromatic heterocycles.